The third-order valence-electron chi connectivity index (χ3n) is 6.84. The van der Waals surface area contributed by atoms with Gasteiger partial charge in [0, 0.05) is 24.4 Å². The number of carbonyl (C=O) groups is 1. The Hall–Kier alpha value is -2.17. The highest BCUT2D eigenvalue weighted by Crippen LogP contribution is 2.58. The Bertz CT molecular complexity index is 788. The van der Waals surface area contributed by atoms with Crippen LogP contribution in [-0.2, 0) is 11.2 Å². The van der Waals surface area contributed by atoms with Crippen molar-refractivity contribution in [2.45, 2.75) is 51.0 Å². The fourth-order valence-corrected chi connectivity index (χ4v) is 5.79. The summed E-state index contributed by atoms with van der Waals surface area (Å²) in [5, 5.41) is 7.32. The number of carbonyl (C=O) groups excluding carboxylic acids is 1. The first-order valence-corrected chi connectivity index (χ1v) is 9.95. The van der Waals surface area contributed by atoms with E-state index >= 15 is 0 Å². The van der Waals surface area contributed by atoms with Gasteiger partial charge >= 0.3 is 0 Å². The predicted molar refractivity (Wildman–Crippen MR) is 97.0 cm³/mol. The van der Waals surface area contributed by atoms with Crippen molar-refractivity contribution >= 4 is 5.91 Å². The predicted octanol–water partition coefficient (Wildman–Crippen LogP) is 3.61. The first kappa shape index (κ1) is 16.0. The molecule has 5 atom stereocenters. The summed E-state index contributed by atoms with van der Waals surface area (Å²) >= 11 is 0. The number of nitrogens with one attached hydrogen (secondary N) is 1. The van der Waals surface area contributed by atoms with E-state index in [1.54, 1.807) is 0 Å². The highest BCUT2D eigenvalue weighted by molar-refractivity contribution is 5.76. The van der Waals surface area contributed by atoms with Crippen LogP contribution in [0.2, 0.25) is 0 Å². The maximum absolute atomic E-state index is 12.4. The second-order valence-corrected chi connectivity index (χ2v) is 8.21. The fraction of sp³-hybridized carbons (Fsp3) is 0.571. The van der Waals surface area contributed by atoms with Crippen LogP contribution in [0.15, 0.2) is 34.9 Å². The van der Waals surface area contributed by atoms with E-state index in [4.69, 9.17) is 4.52 Å². The number of aromatic nitrogens is 2. The number of rotatable bonds is 5. The van der Waals surface area contributed by atoms with E-state index in [1.165, 1.54) is 32.1 Å². The zero-order chi connectivity index (χ0) is 17.5. The van der Waals surface area contributed by atoms with Crippen molar-refractivity contribution in [2.24, 2.45) is 23.7 Å². The first-order chi connectivity index (χ1) is 12.8. The normalized spacial score (nSPS) is 31.9. The molecule has 26 heavy (non-hydrogen) atoms. The van der Waals surface area contributed by atoms with Gasteiger partial charge in [-0.2, -0.15) is 4.98 Å². The van der Waals surface area contributed by atoms with Gasteiger partial charge < -0.3 is 9.84 Å². The van der Waals surface area contributed by atoms with Crippen LogP contribution in [0.1, 0.15) is 44.4 Å². The molecule has 0 radical (unpaired) electrons. The van der Waals surface area contributed by atoms with Gasteiger partial charge in [0.05, 0.1) is 0 Å². The summed E-state index contributed by atoms with van der Waals surface area (Å²) in [6.45, 7) is 0. The van der Waals surface area contributed by atoms with Gasteiger partial charge in [-0.1, -0.05) is 41.9 Å². The molecular weight excluding hydrogens is 326 g/mol. The Morgan fingerprint density at radius 1 is 1.12 bits per heavy atom. The molecule has 0 aliphatic heterocycles. The second kappa shape index (κ2) is 6.53. The number of hydrogen-bond donors (Lipinski definition) is 1. The molecule has 1 heterocycles. The van der Waals surface area contributed by atoms with Gasteiger partial charge in [-0.05, 0) is 49.4 Å². The highest BCUT2D eigenvalue weighted by Gasteiger charge is 2.53. The molecule has 3 fully saturated rings. The van der Waals surface area contributed by atoms with Crippen molar-refractivity contribution in [3.8, 4) is 11.4 Å². The van der Waals surface area contributed by atoms with E-state index in [9.17, 15) is 4.79 Å². The molecule has 5 heteroatoms. The summed E-state index contributed by atoms with van der Waals surface area (Å²) in [5.74, 6) is 4.67. The van der Waals surface area contributed by atoms with Gasteiger partial charge in [0.2, 0.25) is 17.6 Å². The Kier molecular flexibility index (Phi) is 4.03. The van der Waals surface area contributed by atoms with E-state index in [2.05, 4.69) is 15.5 Å². The average molecular weight is 351 g/mol. The standard InChI is InChI=1S/C21H25N3O2/c25-19(22-18-12-14-11-17(18)16-8-4-7-15(14)16)9-10-20-23-21(24-26-20)13-5-2-1-3-6-13/h1-3,5-6,14-18H,4,7-12H2,(H,22,25)/t14-,15+,16-,17+,18-/m1/s1. The fourth-order valence-electron chi connectivity index (χ4n) is 5.79. The summed E-state index contributed by atoms with van der Waals surface area (Å²) in [7, 11) is 0. The monoisotopic (exact) mass is 351 g/mol. The lowest BCUT2D eigenvalue weighted by Crippen LogP contribution is -2.42. The number of benzene rings is 1. The smallest absolute Gasteiger partial charge is 0.227 e. The van der Waals surface area contributed by atoms with E-state index < -0.39 is 0 Å². The Balaban J connectivity index is 1.15. The summed E-state index contributed by atoms with van der Waals surface area (Å²) in [4.78, 5) is 16.8. The first-order valence-electron chi connectivity index (χ1n) is 9.95. The van der Waals surface area contributed by atoms with E-state index in [0.29, 0.717) is 30.6 Å². The minimum absolute atomic E-state index is 0.122. The molecule has 2 bridgehead atoms. The molecule has 0 spiro atoms. The Morgan fingerprint density at radius 3 is 2.85 bits per heavy atom. The molecule has 3 saturated carbocycles. The van der Waals surface area contributed by atoms with Crippen LogP contribution >= 0.6 is 0 Å². The Morgan fingerprint density at radius 2 is 1.96 bits per heavy atom. The molecular formula is C21H25N3O2. The van der Waals surface area contributed by atoms with Crippen LogP contribution in [0.5, 0.6) is 0 Å². The van der Waals surface area contributed by atoms with Crippen LogP contribution < -0.4 is 5.32 Å². The van der Waals surface area contributed by atoms with Crippen LogP contribution in [-0.4, -0.2) is 22.1 Å². The molecule has 1 N–H and O–H groups in total. The lowest BCUT2D eigenvalue weighted by atomic mass is 9.79. The quantitative estimate of drug-likeness (QED) is 0.893. The topological polar surface area (TPSA) is 68.0 Å². The van der Waals surface area contributed by atoms with E-state index in [1.807, 2.05) is 30.3 Å². The van der Waals surface area contributed by atoms with Crippen molar-refractivity contribution in [3.63, 3.8) is 0 Å². The minimum Gasteiger partial charge on any atom is -0.353 e. The average Bonchev–Trinajstić information content (AvgIpc) is 3.42. The molecule has 3 aliphatic carbocycles. The van der Waals surface area contributed by atoms with Gasteiger partial charge in [0.1, 0.15) is 0 Å². The van der Waals surface area contributed by atoms with Gasteiger partial charge in [-0.25, -0.2) is 0 Å². The summed E-state index contributed by atoms with van der Waals surface area (Å²) < 4.78 is 5.30. The number of aryl methyl sites for hydroxylation is 1. The van der Waals surface area contributed by atoms with Gasteiger partial charge in [0.25, 0.3) is 0 Å². The highest BCUT2D eigenvalue weighted by atomic mass is 16.5. The molecule has 3 aliphatic rings. The van der Waals surface area contributed by atoms with Gasteiger partial charge in [-0.15, -0.1) is 0 Å². The molecule has 0 unspecified atom stereocenters. The maximum atomic E-state index is 12.4. The maximum Gasteiger partial charge on any atom is 0.227 e. The van der Waals surface area contributed by atoms with E-state index in [-0.39, 0.29) is 5.91 Å². The summed E-state index contributed by atoms with van der Waals surface area (Å²) in [6.07, 6.45) is 7.64. The molecule has 1 amide bonds. The molecule has 1 aromatic heterocycles. The number of amides is 1. The third-order valence-corrected chi connectivity index (χ3v) is 6.84. The van der Waals surface area contributed by atoms with Crippen molar-refractivity contribution in [3.05, 3.63) is 36.2 Å². The zero-order valence-corrected chi connectivity index (χ0v) is 14.9. The second-order valence-electron chi connectivity index (χ2n) is 8.21. The summed E-state index contributed by atoms with van der Waals surface area (Å²) in [6, 6.07) is 10.2. The molecule has 0 saturated heterocycles. The SMILES string of the molecule is O=C(CCc1nc(-c2ccccc2)no1)N[C@@H]1C[C@H]2C[C@H]1[C@@H]1CCC[C@@H]21. The van der Waals surface area contributed by atoms with Crippen LogP contribution in [0.4, 0.5) is 0 Å². The molecule has 1 aromatic carbocycles. The largest absolute Gasteiger partial charge is 0.353 e. The van der Waals surface area contributed by atoms with Gasteiger partial charge in [0.15, 0.2) is 0 Å². The molecule has 2 aromatic rings. The molecule has 5 rings (SSSR count). The number of fused-ring (bicyclic) bond motifs is 5. The number of nitrogens with zero attached hydrogens (tertiary/aromatic N) is 2. The minimum atomic E-state index is 0.122. The lowest BCUT2D eigenvalue weighted by Gasteiger charge is -2.32. The van der Waals surface area contributed by atoms with Crippen molar-refractivity contribution in [1.82, 2.24) is 15.5 Å². The number of hydrogen-bond acceptors (Lipinski definition) is 4. The molecule has 136 valence electrons. The zero-order valence-electron chi connectivity index (χ0n) is 14.9. The van der Waals surface area contributed by atoms with Crippen molar-refractivity contribution in [2.75, 3.05) is 0 Å². The lowest BCUT2D eigenvalue weighted by molar-refractivity contribution is -0.122. The molecule has 5 nitrogen and oxygen atoms in total. The van der Waals surface area contributed by atoms with E-state index in [0.717, 1.165) is 29.2 Å². The van der Waals surface area contributed by atoms with Gasteiger partial charge in [-0.3, -0.25) is 4.79 Å². The van der Waals surface area contributed by atoms with Crippen LogP contribution in [0, 0.1) is 23.7 Å². The summed E-state index contributed by atoms with van der Waals surface area (Å²) in [5.41, 5.74) is 0.931. The van der Waals surface area contributed by atoms with Crippen molar-refractivity contribution in [1.29, 1.82) is 0 Å². The van der Waals surface area contributed by atoms with Crippen LogP contribution in [0.25, 0.3) is 11.4 Å². The third kappa shape index (κ3) is 2.83. The van der Waals surface area contributed by atoms with Crippen LogP contribution in [0.3, 0.4) is 0 Å². The Labute approximate surface area is 153 Å². The van der Waals surface area contributed by atoms with Crippen molar-refractivity contribution < 1.29 is 9.32 Å².